The van der Waals surface area contributed by atoms with Crippen LogP contribution in [0.25, 0.3) is 0 Å². The summed E-state index contributed by atoms with van der Waals surface area (Å²) in [6.45, 7) is 0.612. The topological polar surface area (TPSA) is 12.2 Å². The van der Waals surface area contributed by atoms with Crippen molar-refractivity contribution in [2.24, 2.45) is 23.7 Å². The van der Waals surface area contributed by atoms with Crippen LogP contribution in [-0.4, -0.2) is 17.5 Å². The van der Waals surface area contributed by atoms with Gasteiger partial charge in [0.25, 0.3) is 6.73 Å². The van der Waals surface area contributed by atoms with E-state index in [0.717, 1.165) is 35.3 Å². The third-order valence-corrected chi connectivity index (χ3v) is 7.39. The molecule has 0 aromatic heterocycles. The van der Waals surface area contributed by atoms with E-state index in [1.807, 2.05) is 0 Å². The minimum absolute atomic E-state index is 0.612. The molecule has 2 heteroatoms. The Balaban J connectivity index is 1.39. The minimum Gasteiger partial charge on any atom is -0.435 e. The number of nitrogens with zero attached hydrogens (tertiary/aromatic N) is 1. The fraction of sp³-hybridized carbons (Fsp3) is 0.458. The van der Waals surface area contributed by atoms with E-state index in [1.54, 1.807) is 0 Å². The molecule has 0 amide bonds. The van der Waals surface area contributed by atoms with Crippen molar-refractivity contribution in [3.8, 4) is 5.75 Å². The minimum atomic E-state index is 0.612. The lowest BCUT2D eigenvalue weighted by Crippen LogP contribution is -2.44. The van der Waals surface area contributed by atoms with Gasteiger partial charge in [0.2, 0.25) is 5.69 Å². The number of fused-ring (bicyclic) bond motifs is 1. The van der Waals surface area contributed by atoms with Crippen LogP contribution in [0.5, 0.6) is 5.75 Å². The van der Waals surface area contributed by atoms with E-state index in [-0.39, 0.29) is 0 Å². The van der Waals surface area contributed by atoms with Crippen LogP contribution < -0.4 is 4.74 Å². The Kier molecular flexibility index (Phi) is 3.29. The van der Waals surface area contributed by atoms with Crippen LogP contribution in [0.3, 0.4) is 0 Å². The molecule has 2 nitrogen and oxygen atoms in total. The van der Waals surface area contributed by atoms with Crippen LogP contribution in [0.4, 0.5) is 5.69 Å². The number of rotatable bonds is 2. The molecule has 4 fully saturated rings. The van der Waals surface area contributed by atoms with E-state index in [1.165, 1.54) is 48.9 Å². The first-order chi connectivity index (χ1) is 12.8. The van der Waals surface area contributed by atoms with E-state index >= 15 is 0 Å². The lowest BCUT2D eigenvalue weighted by molar-refractivity contribution is -0.476. The van der Waals surface area contributed by atoms with E-state index < -0.39 is 0 Å². The molecule has 0 N–H and O–H groups in total. The Morgan fingerprint density at radius 1 is 0.769 bits per heavy atom. The molecular weight excluding hydrogens is 318 g/mol. The second-order valence-electron chi connectivity index (χ2n) is 8.93. The van der Waals surface area contributed by atoms with Gasteiger partial charge >= 0.3 is 0 Å². The summed E-state index contributed by atoms with van der Waals surface area (Å²) >= 11 is 0. The van der Waals surface area contributed by atoms with Gasteiger partial charge in [-0.2, -0.15) is 4.58 Å². The molecule has 132 valence electrons. The van der Waals surface area contributed by atoms with E-state index in [9.17, 15) is 0 Å². The lowest BCUT2D eigenvalue weighted by atomic mass is 9.50. The van der Waals surface area contributed by atoms with Crippen molar-refractivity contribution in [1.29, 1.82) is 0 Å². The number of ether oxygens (including phenoxy) is 1. The SMILES string of the molecule is C1=[N+](c2ccccc2)COc2c1cccc2C1C2CC3CC(C2)CC1C3. The van der Waals surface area contributed by atoms with E-state index in [4.69, 9.17) is 4.74 Å². The van der Waals surface area contributed by atoms with Crippen LogP contribution >= 0.6 is 0 Å². The van der Waals surface area contributed by atoms with Crippen molar-refractivity contribution in [3.63, 3.8) is 0 Å². The van der Waals surface area contributed by atoms with Gasteiger partial charge in [-0.15, -0.1) is 0 Å². The van der Waals surface area contributed by atoms with Crippen LogP contribution in [0, 0.1) is 23.7 Å². The van der Waals surface area contributed by atoms with Gasteiger partial charge in [0, 0.05) is 12.1 Å². The Bertz CT molecular complexity index is 841. The third kappa shape index (κ3) is 2.27. The number of para-hydroxylation sites is 2. The quantitative estimate of drug-likeness (QED) is 0.670. The highest BCUT2D eigenvalue weighted by molar-refractivity contribution is 5.82. The average Bonchev–Trinajstić information content (AvgIpc) is 2.67. The Hall–Kier alpha value is -2.09. The Labute approximate surface area is 155 Å². The van der Waals surface area contributed by atoms with Gasteiger partial charge in [0.05, 0.1) is 5.56 Å². The van der Waals surface area contributed by atoms with E-state index in [2.05, 4.69) is 59.3 Å². The zero-order valence-electron chi connectivity index (χ0n) is 15.2. The van der Waals surface area contributed by atoms with Crippen molar-refractivity contribution < 1.29 is 9.31 Å². The van der Waals surface area contributed by atoms with Gasteiger partial charge in [-0.05, 0) is 73.3 Å². The van der Waals surface area contributed by atoms with Crippen molar-refractivity contribution >= 4 is 11.9 Å². The van der Waals surface area contributed by atoms with Gasteiger partial charge in [0.1, 0.15) is 5.75 Å². The fourth-order valence-corrected chi connectivity index (χ4v) is 6.65. The molecule has 0 atom stereocenters. The first-order valence-corrected chi connectivity index (χ1v) is 10.3. The molecule has 4 aliphatic carbocycles. The molecule has 2 aromatic rings. The average molecular weight is 344 g/mol. The molecule has 0 radical (unpaired) electrons. The molecule has 0 unspecified atom stereocenters. The molecule has 26 heavy (non-hydrogen) atoms. The standard InChI is InChI=1S/C24H26NO/c1-2-6-21(7-3-1)25-14-18-5-4-8-22(24(18)26-15-25)23-19-10-16-9-17(12-19)13-20(23)11-16/h1-8,14,16-17,19-20,23H,9-13,15H2/q+1. The summed E-state index contributed by atoms with van der Waals surface area (Å²) in [5.41, 5.74) is 3.94. The second kappa shape index (κ2) is 5.70. The number of hydrogen-bond acceptors (Lipinski definition) is 1. The van der Waals surface area contributed by atoms with Crippen LogP contribution in [-0.2, 0) is 0 Å². The summed E-state index contributed by atoms with van der Waals surface area (Å²) in [5.74, 6) is 5.73. The molecule has 1 aliphatic heterocycles. The summed E-state index contributed by atoms with van der Waals surface area (Å²) in [7, 11) is 0. The fourth-order valence-electron chi connectivity index (χ4n) is 6.65. The van der Waals surface area contributed by atoms with Crippen molar-refractivity contribution in [2.45, 2.75) is 38.0 Å². The highest BCUT2D eigenvalue weighted by Gasteiger charge is 2.49. The Morgan fingerprint density at radius 3 is 2.23 bits per heavy atom. The van der Waals surface area contributed by atoms with Gasteiger partial charge in [0.15, 0.2) is 6.21 Å². The summed E-state index contributed by atoms with van der Waals surface area (Å²) < 4.78 is 8.58. The normalized spacial score (nSPS) is 34.2. The molecule has 0 saturated heterocycles. The molecule has 1 heterocycles. The van der Waals surface area contributed by atoms with Crippen molar-refractivity contribution in [3.05, 3.63) is 59.7 Å². The molecule has 0 spiro atoms. The predicted molar refractivity (Wildman–Crippen MR) is 103 cm³/mol. The zero-order chi connectivity index (χ0) is 17.1. The molecule has 4 saturated carbocycles. The highest BCUT2D eigenvalue weighted by atomic mass is 16.5. The highest BCUT2D eigenvalue weighted by Crippen LogP contribution is 2.60. The van der Waals surface area contributed by atoms with Crippen molar-refractivity contribution in [2.75, 3.05) is 6.73 Å². The molecule has 7 rings (SSSR count). The lowest BCUT2D eigenvalue weighted by Gasteiger charge is -2.54. The van der Waals surface area contributed by atoms with Gasteiger partial charge in [-0.1, -0.05) is 30.3 Å². The van der Waals surface area contributed by atoms with Gasteiger partial charge in [-0.3, -0.25) is 0 Å². The van der Waals surface area contributed by atoms with Crippen molar-refractivity contribution in [1.82, 2.24) is 0 Å². The van der Waals surface area contributed by atoms with E-state index in [0.29, 0.717) is 6.73 Å². The largest absolute Gasteiger partial charge is 0.435 e. The zero-order valence-corrected chi connectivity index (χ0v) is 15.2. The molecule has 4 bridgehead atoms. The summed E-state index contributed by atoms with van der Waals surface area (Å²) in [6.07, 6.45) is 9.63. The van der Waals surface area contributed by atoms with Crippen LogP contribution in [0.15, 0.2) is 48.5 Å². The molecular formula is C24H26NO+. The Morgan fingerprint density at radius 2 is 1.50 bits per heavy atom. The van der Waals surface area contributed by atoms with Crippen LogP contribution in [0.2, 0.25) is 0 Å². The summed E-state index contributed by atoms with van der Waals surface area (Å²) in [6, 6.07) is 17.3. The molecule has 5 aliphatic rings. The van der Waals surface area contributed by atoms with Crippen LogP contribution in [0.1, 0.15) is 49.1 Å². The summed E-state index contributed by atoms with van der Waals surface area (Å²) in [5, 5.41) is 0. The number of hydrogen-bond donors (Lipinski definition) is 0. The molecule has 2 aromatic carbocycles. The van der Waals surface area contributed by atoms with Gasteiger partial charge in [-0.25, -0.2) is 0 Å². The number of benzene rings is 2. The monoisotopic (exact) mass is 344 g/mol. The first kappa shape index (κ1) is 15.0. The maximum Gasteiger partial charge on any atom is 0.292 e. The first-order valence-electron chi connectivity index (χ1n) is 10.3. The predicted octanol–water partition coefficient (Wildman–Crippen LogP) is 5.34. The summed E-state index contributed by atoms with van der Waals surface area (Å²) in [4.78, 5) is 0. The smallest absolute Gasteiger partial charge is 0.292 e. The third-order valence-electron chi connectivity index (χ3n) is 7.39. The second-order valence-corrected chi connectivity index (χ2v) is 8.93. The van der Waals surface area contributed by atoms with Gasteiger partial charge < -0.3 is 4.74 Å². The maximum absolute atomic E-state index is 6.37. The maximum atomic E-state index is 6.37.